The van der Waals surface area contributed by atoms with E-state index in [2.05, 4.69) is 47.2 Å². The summed E-state index contributed by atoms with van der Waals surface area (Å²) in [6.45, 7) is 5.59. The van der Waals surface area contributed by atoms with Crippen molar-refractivity contribution in [2.45, 2.75) is 45.6 Å². The van der Waals surface area contributed by atoms with Gasteiger partial charge in [-0.1, -0.05) is 13.0 Å². The Labute approximate surface area is 119 Å². The monoisotopic (exact) mass is 313 g/mol. The molecular formula is C15H24BrNO. The standard InChI is InChI=1S/C15H24BrNO/c1-4-10-17-12(2)6-5-7-13-8-9-15(18-3)14(16)11-13/h8-9,11-12,17H,4-7,10H2,1-3H3. The minimum absolute atomic E-state index is 0.617. The smallest absolute Gasteiger partial charge is 0.133 e. The normalized spacial score (nSPS) is 12.4. The molecule has 0 bridgehead atoms. The van der Waals surface area contributed by atoms with Crippen LogP contribution in [0.5, 0.6) is 5.75 Å². The summed E-state index contributed by atoms with van der Waals surface area (Å²) in [5, 5.41) is 3.52. The SMILES string of the molecule is CCCNC(C)CCCc1ccc(OC)c(Br)c1. The molecule has 0 amide bonds. The summed E-state index contributed by atoms with van der Waals surface area (Å²) in [6, 6.07) is 6.95. The van der Waals surface area contributed by atoms with E-state index in [1.807, 2.05) is 6.07 Å². The highest BCUT2D eigenvalue weighted by molar-refractivity contribution is 9.10. The number of aryl methyl sites for hydroxylation is 1. The van der Waals surface area contributed by atoms with Gasteiger partial charge in [-0.2, -0.15) is 0 Å². The number of halogens is 1. The minimum Gasteiger partial charge on any atom is -0.496 e. The maximum Gasteiger partial charge on any atom is 0.133 e. The average Bonchev–Trinajstić information content (AvgIpc) is 2.36. The molecular weight excluding hydrogens is 290 g/mol. The lowest BCUT2D eigenvalue weighted by atomic mass is 10.1. The van der Waals surface area contributed by atoms with Crippen LogP contribution in [-0.4, -0.2) is 19.7 Å². The first-order chi connectivity index (χ1) is 8.67. The molecule has 18 heavy (non-hydrogen) atoms. The summed E-state index contributed by atoms with van der Waals surface area (Å²) < 4.78 is 6.27. The Bertz CT molecular complexity index is 354. The van der Waals surface area contributed by atoms with Crippen molar-refractivity contribution >= 4 is 15.9 Å². The van der Waals surface area contributed by atoms with E-state index in [-0.39, 0.29) is 0 Å². The summed E-state index contributed by atoms with van der Waals surface area (Å²) in [5.74, 6) is 0.900. The Kier molecular flexibility index (Phi) is 7.36. The molecule has 0 aliphatic rings. The number of hydrogen-bond donors (Lipinski definition) is 1. The highest BCUT2D eigenvalue weighted by Crippen LogP contribution is 2.26. The Balaban J connectivity index is 2.33. The number of hydrogen-bond acceptors (Lipinski definition) is 2. The van der Waals surface area contributed by atoms with Crippen LogP contribution in [0, 0.1) is 0 Å². The lowest BCUT2D eigenvalue weighted by Gasteiger charge is -2.13. The van der Waals surface area contributed by atoms with E-state index >= 15 is 0 Å². The van der Waals surface area contributed by atoms with Gasteiger partial charge in [0.2, 0.25) is 0 Å². The predicted molar refractivity (Wildman–Crippen MR) is 81.4 cm³/mol. The first kappa shape index (κ1) is 15.5. The van der Waals surface area contributed by atoms with Gasteiger partial charge in [-0.3, -0.25) is 0 Å². The summed E-state index contributed by atoms with van der Waals surface area (Å²) in [5.41, 5.74) is 1.37. The molecule has 1 aromatic carbocycles. The molecule has 1 unspecified atom stereocenters. The van der Waals surface area contributed by atoms with Crippen LogP contribution in [0.4, 0.5) is 0 Å². The average molecular weight is 314 g/mol. The molecule has 1 atom stereocenters. The number of rotatable bonds is 8. The van der Waals surface area contributed by atoms with Gasteiger partial charge >= 0.3 is 0 Å². The molecule has 0 heterocycles. The van der Waals surface area contributed by atoms with Crippen molar-refractivity contribution in [1.29, 1.82) is 0 Å². The Morgan fingerprint density at radius 2 is 2.17 bits per heavy atom. The Hall–Kier alpha value is -0.540. The number of benzene rings is 1. The van der Waals surface area contributed by atoms with Gasteiger partial charge in [0.1, 0.15) is 5.75 Å². The molecule has 1 rings (SSSR count). The molecule has 1 N–H and O–H groups in total. The molecule has 0 spiro atoms. The van der Waals surface area contributed by atoms with Gasteiger partial charge in [0.15, 0.2) is 0 Å². The fourth-order valence-corrected chi connectivity index (χ4v) is 2.56. The molecule has 0 fully saturated rings. The van der Waals surface area contributed by atoms with E-state index in [0.717, 1.165) is 23.2 Å². The van der Waals surface area contributed by atoms with Gasteiger partial charge in [0.25, 0.3) is 0 Å². The van der Waals surface area contributed by atoms with E-state index in [4.69, 9.17) is 4.74 Å². The van der Waals surface area contributed by atoms with Crippen LogP contribution in [0.1, 0.15) is 38.7 Å². The Morgan fingerprint density at radius 1 is 1.39 bits per heavy atom. The van der Waals surface area contributed by atoms with Gasteiger partial charge in [-0.15, -0.1) is 0 Å². The van der Waals surface area contributed by atoms with Crippen molar-refractivity contribution in [3.63, 3.8) is 0 Å². The van der Waals surface area contributed by atoms with Gasteiger partial charge in [-0.05, 0) is 72.8 Å². The van der Waals surface area contributed by atoms with Crippen molar-refractivity contribution in [3.8, 4) is 5.75 Å². The third-order valence-electron chi connectivity index (χ3n) is 3.06. The molecule has 102 valence electrons. The fraction of sp³-hybridized carbons (Fsp3) is 0.600. The van der Waals surface area contributed by atoms with E-state index < -0.39 is 0 Å². The van der Waals surface area contributed by atoms with Crippen LogP contribution in [0.25, 0.3) is 0 Å². The summed E-state index contributed by atoms with van der Waals surface area (Å²) in [7, 11) is 1.70. The van der Waals surface area contributed by atoms with Crippen LogP contribution in [0.3, 0.4) is 0 Å². The Morgan fingerprint density at radius 3 is 2.78 bits per heavy atom. The van der Waals surface area contributed by atoms with Gasteiger partial charge in [-0.25, -0.2) is 0 Å². The second-order valence-corrected chi connectivity index (χ2v) is 5.57. The zero-order valence-corrected chi connectivity index (χ0v) is 13.2. The largest absolute Gasteiger partial charge is 0.496 e. The summed E-state index contributed by atoms with van der Waals surface area (Å²) >= 11 is 3.52. The third-order valence-corrected chi connectivity index (χ3v) is 3.68. The van der Waals surface area contributed by atoms with Gasteiger partial charge in [0, 0.05) is 6.04 Å². The summed E-state index contributed by atoms with van der Waals surface area (Å²) in [6.07, 6.45) is 4.77. The molecule has 1 aromatic rings. The molecule has 0 saturated heterocycles. The maximum absolute atomic E-state index is 5.23. The zero-order chi connectivity index (χ0) is 13.4. The number of methoxy groups -OCH3 is 1. The number of ether oxygens (including phenoxy) is 1. The molecule has 0 aromatic heterocycles. The molecule has 0 aliphatic carbocycles. The maximum atomic E-state index is 5.23. The van der Waals surface area contributed by atoms with E-state index in [0.29, 0.717) is 6.04 Å². The molecule has 0 saturated carbocycles. The first-order valence-corrected chi connectivity index (χ1v) is 7.52. The van der Waals surface area contributed by atoms with Crippen LogP contribution in [-0.2, 0) is 6.42 Å². The highest BCUT2D eigenvalue weighted by Gasteiger charge is 2.03. The quantitative estimate of drug-likeness (QED) is 0.777. The van der Waals surface area contributed by atoms with Gasteiger partial charge < -0.3 is 10.1 Å². The van der Waals surface area contributed by atoms with Crippen molar-refractivity contribution in [1.82, 2.24) is 5.32 Å². The van der Waals surface area contributed by atoms with Crippen LogP contribution < -0.4 is 10.1 Å². The second kappa shape index (κ2) is 8.54. The van der Waals surface area contributed by atoms with E-state index in [1.54, 1.807) is 7.11 Å². The molecule has 3 heteroatoms. The van der Waals surface area contributed by atoms with Crippen LogP contribution in [0.2, 0.25) is 0 Å². The van der Waals surface area contributed by atoms with Crippen LogP contribution >= 0.6 is 15.9 Å². The highest BCUT2D eigenvalue weighted by atomic mass is 79.9. The van der Waals surface area contributed by atoms with Crippen LogP contribution in [0.15, 0.2) is 22.7 Å². The van der Waals surface area contributed by atoms with Crippen molar-refractivity contribution in [2.24, 2.45) is 0 Å². The van der Waals surface area contributed by atoms with Crippen molar-refractivity contribution in [3.05, 3.63) is 28.2 Å². The van der Waals surface area contributed by atoms with Crippen molar-refractivity contribution in [2.75, 3.05) is 13.7 Å². The molecule has 2 nitrogen and oxygen atoms in total. The predicted octanol–water partition coefficient (Wildman–Crippen LogP) is 4.17. The lowest BCUT2D eigenvalue weighted by molar-refractivity contribution is 0.412. The van der Waals surface area contributed by atoms with E-state index in [9.17, 15) is 0 Å². The fourth-order valence-electron chi connectivity index (χ4n) is 1.97. The topological polar surface area (TPSA) is 21.3 Å². The summed E-state index contributed by atoms with van der Waals surface area (Å²) in [4.78, 5) is 0. The van der Waals surface area contributed by atoms with Crippen molar-refractivity contribution < 1.29 is 4.74 Å². The number of nitrogens with one attached hydrogen (secondary N) is 1. The molecule has 0 aliphatic heterocycles. The minimum atomic E-state index is 0.617. The third kappa shape index (κ3) is 5.40. The zero-order valence-electron chi connectivity index (χ0n) is 11.6. The lowest BCUT2D eigenvalue weighted by Crippen LogP contribution is -2.26. The second-order valence-electron chi connectivity index (χ2n) is 4.72. The van der Waals surface area contributed by atoms with Gasteiger partial charge in [0.05, 0.1) is 11.6 Å². The first-order valence-electron chi connectivity index (χ1n) is 6.73. The molecule has 0 radical (unpaired) electrons. The van der Waals surface area contributed by atoms with E-state index in [1.165, 1.54) is 24.8 Å².